The minimum absolute atomic E-state index is 0.0903. The molecule has 0 radical (unpaired) electrons. The summed E-state index contributed by atoms with van der Waals surface area (Å²) < 4.78 is 18.3. The first kappa shape index (κ1) is 20.0. The van der Waals surface area contributed by atoms with Crippen molar-refractivity contribution in [2.45, 2.75) is 44.9 Å². The number of aryl methyl sites for hydroxylation is 1. The molecule has 3 heterocycles. The molecule has 3 aromatic rings. The van der Waals surface area contributed by atoms with Crippen LogP contribution in [0.1, 0.15) is 41.9 Å². The normalized spacial score (nSPS) is 16.4. The number of likely N-dealkylation sites (tertiary alicyclic amines) is 1. The van der Waals surface area contributed by atoms with E-state index in [1.165, 1.54) is 0 Å². The van der Waals surface area contributed by atoms with E-state index in [4.69, 9.17) is 14.0 Å². The number of piperidine rings is 1. The van der Waals surface area contributed by atoms with E-state index in [9.17, 15) is 4.79 Å². The van der Waals surface area contributed by atoms with Gasteiger partial charge in [-0.15, -0.1) is 0 Å². The van der Waals surface area contributed by atoms with Crippen LogP contribution in [-0.4, -0.2) is 45.4 Å². The highest BCUT2D eigenvalue weighted by atomic mass is 16.5. The Labute approximate surface area is 175 Å². The van der Waals surface area contributed by atoms with Crippen LogP contribution in [0.25, 0.3) is 0 Å². The van der Waals surface area contributed by atoms with Crippen molar-refractivity contribution in [2.75, 3.05) is 13.7 Å². The third kappa shape index (κ3) is 4.64. The van der Waals surface area contributed by atoms with Crippen LogP contribution in [0.2, 0.25) is 0 Å². The Balaban J connectivity index is 1.38. The van der Waals surface area contributed by atoms with Crippen molar-refractivity contribution in [1.82, 2.24) is 19.8 Å². The summed E-state index contributed by atoms with van der Waals surface area (Å²) in [4.78, 5) is 15.0. The van der Waals surface area contributed by atoms with Gasteiger partial charge < -0.3 is 18.9 Å². The van der Waals surface area contributed by atoms with Crippen molar-refractivity contribution < 1.29 is 18.8 Å². The van der Waals surface area contributed by atoms with Crippen molar-refractivity contribution in [3.63, 3.8) is 0 Å². The summed E-state index contributed by atoms with van der Waals surface area (Å²) in [6.07, 6.45) is 7.72. The number of amides is 1. The number of para-hydroxylation sites is 2. The highest BCUT2D eigenvalue weighted by molar-refractivity contribution is 5.92. The molecule has 1 amide bonds. The Morgan fingerprint density at radius 3 is 2.90 bits per heavy atom. The van der Waals surface area contributed by atoms with Gasteiger partial charge in [0.2, 0.25) is 0 Å². The van der Waals surface area contributed by atoms with E-state index in [-0.39, 0.29) is 18.6 Å². The number of hydrogen-bond donors (Lipinski definition) is 0. The van der Waals surface area contributed by atoms with Gasteiger partial charge in [0.25, 0.3) is 5.91 Å². The Morgan fingerprint density at radius 1 is 1.23 bits per heavy atom. The summed E-state index contributed by atoms with van der Waals surface area (Å²) in [5.74, 6) is 1.66. The molecule has 8 nitrogen and oxygen atoms in total. The number of methoxy groups -OCH3 is 1. The Kier molecular flexibility index (Phi) is 6.32. The van der Waals surface area contributed by atoms with Gasteiger partial charge >= 0.3 is 0 Å². The first-order chi connectivity index (χ1) is 14.7. The third-order valence-corrected chi connectivity index (χ3v) is 5.36. The van der Waals surface area contributed by atoms with Gasteiger partial charge in [0.15, 0.2) is 23.0 Å². The van der Waals surface area contributed by atoms with E-state index >= 15 is 0 Å². The minimum Gasteiger partial charge on any atom is -0.493 e. The topological polar surface area (TPSA) is 82.6 Å². The molecule has 1 saturated heterocycles. The van der Waals surface area contributed by atoms with Crippen LogP contribution in [0.15, 0.2) is 53.3 Å². The second kappa shape index (κ2) is 9.47. The summed E-state index contributed by atoms with van der Waals surface area (Å²) in [6.45, 7) is 1.70. The Hall–Kier alpha value is -3.29. The molecule has 0 unspecified atom stereocenters. The lowest BCUT2D eigenvalue weighted by atomic mass is 9.99. The molecule has 0 aliphatic carbocycles. The fourth-order valence-corrected chi connectivity index (χ4v) is 3.80. The van der Waals surface area contributed by atoms with Crippen LogP contribution in [0, 0.1) is 0 Å². The zero-order valence-electron chi connectivity index (χ0n) is 17.1. The fraction of sp³-hybridized carbons (Fsp3) is 0.409. The predicted octanol–water partition coefficient (Wildman–Crippen LogP) is 3.54. The summed E-state index contributed by atoms with van der Waals surface area (Å²) in [5, 5.41) is 8.25. The average molecular weight is 410 g/mol. The lowest BCUT2D eigenvalue weighted by Crippen LogP contribution is -2.44. The quantitative estimate of drug-likeness (QED) is 0.565. The monoisotopic (exact) mass is 410 g/mol. The number of benzene rings is 1. The maximum absolute atomic E-state index is 13.1. The average Bonchev–Trinajstić information content (AvgIpc) is 3.48. The summed E-state index contributed by atoms with van der Waals surface area (Å²) >= 11 is 0. The van der Waals surface area contributed by atoms with Crippen LogP contribution < -0.4 is 9.47 Å². The third-order valence-electron chi connectivity index (χ3n) is 5.36. The van der Waals surface area contributed by atoms with E-state index < -0.39 is 0 Å². The highest BCUT2D eigenvalue weighted by Gasteiger charge is 2.29. The predicted molar refractivity (Wildman–Crippen MR) is 109 cm³/mol. The van der Waals surface area contributed by atoms with E-state index in [0.29, 0.717) is 23.0 Å². The SMILES string of the molecule is COc1ccccc1OCc1cc(C(=O)N2CCCC[C@H]2CCn2cccn2)no1. The molecule has 1 aromatic carbocycles. The lowest BCUT2D eigenvalue weighted by molar-refractivity contribution is 0.0583. The van der Waals surface area contributed by atoms with Gasteiger partial charge in [0.05, 0.1) is 7.11 Å². The molecule has 4 rings (SSSR count). The molecule has 0 bridgehead atoms. The van der Waals surface area contributed by atoms with Crippen molar-refractivity contribution in [2.24, 2.45) is 0 Å². The van der Waals surface area contributed by atoms with E-state index in [1.54, 1.807) is 19.4 Å². The zero-order chi connectivity index (χ0) is 20.8. The Bertz CT molecular complexity index is 954. The lowest BCUT2D eigenvalue weighted by Gasteiger charge is -2.35. The summed E-state index contributed by atoms with van der Waals surface area (Å²) in [5.41, 5.74) is 0.319. The van der Waals surface area contributed by atoms with Gasteiger partial charge in [-0.2, -0.15) is 5.10 Å². The first-order valence-electron chi connectivity index (χ1n) is 10.2. The molecule has 1 aliphatic heterocycles. The van der Waals surface area contributed by atoms with Crippen LogP contribution in [0.4, 0.5) is 0 Å². The second-order valence-electron chi connectivity index (χ2n) is 7.32. The second-order valence-corrected chi connectivity index (χ2v) is 7.32. The Morgan fingerprint density at radius 2 is 2.10 bits per heavy atom. The molecule has 1 aliphatic rings. The van der Waals surface area contributed by atoms with E-state index in [0.717, 1.165) is 38.8 Å². The zero-order valence-corrected chi connectivity index (χ0v) is 17.1. The number of aromatic nitrogens is 3. The van der Waals surface area contributed by atoms with E-state index in [1.807, 2.05) is 46.1 Å². The van der Waals surface area contributed by atoms with Gasteiger partial charge in [-0.1, -0.05) is 17.3 Å². The first-order valence-corrected chi connectivity index (χ1v) is 10.2. The molecule has 158 valence electrons. The maximum atomic E-state index is 13.1. The van der Waals surface area contributed by atoms with Gasteiger partial charge in [-0.05, 0) is 43.9 Å². The van der Waals surface area contributed by atoms with Gasteiger partial charge in [-0.3, -0.25) is 9.48 Å². The van der Waals surface area contributed by atoms with Crippen LogP contribution in [-0.2, 0) is 13.2 Å². The summed E-state index contributed by atoms with van der Waals surface area (Å²) in [7, 11) is 1.59. The van der Waals surface area contributed by atoms with Gasteiger partial charge in [0, 0.05) is 37.6 Å². The molecule has 1 fully saturated rings. The molecule has 0 spiro atoms. The van der Waals surface area contributed by atoms with Crippen LogP contribution in [0.3, 0.4) is 0 Å². The van der Waals surface area contributed by atoms with E-state index in [2.05, 4.69) is 10.3 Å². The smallest absolute Gasteiger partial charge is 0.276 e. The number of hydrogen-bond acceptors (Lipinski definition) is 6. The summed E-state index contributed by atoms with van der Waals surface area (Å²) in [6, 6.07) is 11.1. The molecule has 2 aromatic heterocycles. The standard InChI is InChI=1S/C22H26N4O4/c1-28-20-8-2-3-9-21(20)29-16-18-15-19(24-30-18)22(27)26-13-5-4-7-17(26)10-14-25-12-6-11-23-25/h2-3,6,8-9,11-12,15,17H,4-5,7,10,13-14,16H2,1H3/t17-/m0/s1. The number of ether oxygens (including phenoxy) is 2. The van der Waals surface area contributed by atoms with Crippen molar-refractivity contribution in [1.29, 1.82) is 0 Å². The molecular formula is C22H26N4O4. The fourth-order valence-electron chi connectivity index (χ4n) is 3.80. The molecule has 0 N–H and O–H groups in total. The van der Waals surface area contributed by atoms with Gasteiger partial charge in [-0.25, -0.2) is 0 Å². The largest absolute Gasteiger partial charge is 0.493 e. The number of nitrogens with zero attached hydrogens (tertiary/aromatic N) is 4. The highest BCUT2D eigenvalue weighted by Crippen LogP contribution is 2.27. The molecule has 8 heteroatoms. The van der Waals surface area contributed by atoms with Crippen molar-refractivity contribution in [3.8, 4) is 11.5 Å². The molecule has 1 atom stereocenters. The van der Waals surface area contributed by atoms with Gasteiger partial charge in [0.1, 0.15) is 6.61 Å². The maximum Gasteiger partial charge on any atom is 0.276 e. The van der Waals surface area contributed by atoms with Crippen molar-refractivity contribution >= 4 is 5.91 Å². The molecular weight excluding hydrogens is 384 g/mol. The number of carbonyl (C=O) groups excluding carboxylic acids is 1. The van der Waals surface area contributed by atoms with Crippen LogP contribution >= 0.6 is 0 Å². The minimum atomic E-state index is -0.0903. The number of carbonyl (C=O) groups is 1. The number of rotatable bonds is 8. The van der Waals surface area contributed by atoms with Crippen molar-refractivity contribution in [3.05, 3.63) is 60.2 Å². The molecule has 30 heavy (non-hydrogen) atoms. The van der Waals surface area contributed by atoms with Crippen LogP contribution in [0.5, 0.6) is 11.5 Å². The molecule has 0 saturated carbocycles.